The molecule has 3 heterocycles. The number of methoxy groups -OCH3 is 1. The third kappa shape index (κ3) is 4.26. The molecule has 0 atom stereocenters. The zero-order valence-corrected chi connectivity index (χ0v) is 17.5. The number of H-pyrrole nitrogens is 1. The molecule has 0 unspecified atom stereocenters. The highest BCUT2D eigenvalue weighted by Gasteiger charge is 2.15. The number of nitrogens with one attached hydrogen (secondary N) is 1. The fourth-order valence-electron chi connectivity index (χ4n) is 3.27. The monoisotopic (exact) mass is 449 g/mol. The highest BCUT2D eigenvalue weighted by atomic mass is 35.5. The van der Waals surface area contributed by atoms with Crippen molar-refractivity contribution in [3.8, 4) is 0 Å². The molecule has 4 aromatic rings. The summed E-state index contributed by atoms with van der Waals surface area (Å²) in [5, 5.41) is 1.08. The molecule has 7 nitrogen and oxygen atoms in total. The summed E-state index contributed by atoms with van der Waals surface area (Å²) in [4.78, 5) is 24.1. The number of ether oxygens (including phenoxy) is 1. The molecule has 1 aromatic carbocycles. The van der Waals surface area contributed by atoms with E-state index in [0.29, 0.717) is 41.0 Å². The van der Waals surface area contributed by atoms with Crippen LogP contribution in [0.25, 0.3) is 11.2 Å². The lowest BCUT2D eigenvalue weighted by Gasteiger charge is -2.08. The molecular formula is C20H18Cl2FN5O2. The number of benzene rings is 1. The van der Waals surface area contributed by atoms with Crippen LogP contribution in [0.3, 0.4) is 0 Å². The van der Waals surface area contributed by atoms with Crippen LogP contribution in [0.4, 0.5) is 4.39 Å². The first kappa shape index (κ1) is 20.6. The van der Waals surface area contributed by atoms with E-state index >= 15 is 0 Å². The van der Waals surface area contributed by atoms with Gasteiger partial charge in [-0.05, 0) is 29.8 Å². The zero-order chi connectivity index (χ0) is 21.3. The van der Waals surface area contributed by atoms with Gasteiger partial charge in [0.05, 0.1) is 25.2 Å². The number of hydrogen-bond acceptors (Lipinski definition) is 4. The molecule has 3 aromatic heterocycles. The molecule has 4 rings (SSSR count). The smallest absolute Gasteiger partial charge is 0.328 e. The number of pyridine rings is 1. The minimum Gasteiger partial charge on any atom is -0.383 e. The fourth-order valence-corrected chi connectivity index (χ4v) is 3.75. The van der Waals surface area contributed by atoms with Gasteiger partial charge in [0.1, 0.15) is 5.82 Å². The van der Waals surface area contributed by atoms with Crippen molar-refractivity contribution in [3.63, 3.8) is 0 Å². The Morgan fingerprint density at radius 2 is 2.03 bits per heavy atom. The van der Waals surface area contributed by atoms with Gasteiger partial charge in [-0.1, -0.05) is 29.3 Å². The van der Waals surface area contributed by atoms with Crippen LogP contribution in [-0.4, -0.2) is 37.8 Å². The van der Waals surface area contributed by atoms with Crippen molar-refractivity contribution in [2.75, 3.05) is 13.7 Å². The minimum absolute atomic E-state index is 0.193. The molecule has 0 aliphatic carbocycles. The van der Waals surface area contributed by atoms with Crippen LogP contribution < -0.4 is 5.69 Å². The van der Waals surface area contributed by atoms with Gasteiger partial charge in [-0.2, -0.15) is 9.37 Å². The lowest BCUT2D eigenvalue weighted by molar-refractivity contribution is 0.185. The maximum Gasteiger partial charge on any atom is 0.328 e. The van der Waals surface area contributed by atoms with Crippen LogP contribution in [0, 0.1) is 5.95 Å². The van der Waals surface area contributed by atoms with Crippen LogP contribution in [0.15, 0.2) is 41.3 Å². The first-order valence-corrected chi connectivity index (χ1v) is 9.93. The third-order valence-corrected chi connectivity index (χ3v) is 5.30. The third-order valence-electron chi connectivity index (χ3n) is 4.71. The Hall–Kier alpha value is -2.68. The lowest BCUT2D eigenvalue weighted by atomic mass is 10.1. The summed E-state index contributed by atoms with van der Waals surface area (Å²) in [6, 6.07) is 8.10. The summed E-state index contributed by atoms with van der Waals surface area (Å²) in [5.41, 5.74) is 2.30. The number of rotatable bonds is 7. The van der Waals surface area contributed by atoms with E-state index in [0.717, 1.165) is 11.3 Å². The van der Waals surface area contributed by atoms with E-state index < -0.39 is 5.95 Å². The molecular weight excluding hydrogens is 432 g/mol. The van der Waals surface area contributed by atoms with E-state index in [2.05, 4.69) is 15.0 Å². The Bertz CT molecular complexity index is 1260. The number of aromatic nitrogens is 5. The summed E-state index contributed by atoms with van der Waals surface area (Å²) in [6.07, 6.45) is 2.22. The molecule has 0 aliphatic rings. The van der Waals surface area contributed by atoms with Crippen LogP contribution >= 0.6 is 23.2 Å². The molecule has 0 saturated heterocycles. The average Bonchev–Trinajstić information content (AvgIpc) is 3.23. The Morgan fingerprint density at radius 1 is 1.20 bits per heavy atom. The van der Waals surface area contributed by atoms with Gasteiger partial charge < -0.3 is 9.72 Å². The van der Waals surface area contributed by atoms with Gasteiger partial charge in [0.15, 0.2) is 5.65 Å². The number of halogens is 3. The maximum atomic E-state index is 13.3. The molecule has 0 bridgehead atoms. The number of nitrogens with zero attached hydrogens (tertiary/aromatic N) is 4. The molecule has 156 valence electrons. The van der Waals surface area contributed by atoms with E-state index in [1.54, 1.807) is 40.6 Å². The van der Waals surface area contributed by atoms with Gasteiger partial charge in [-0.15, -0.1) is 0 Å². The fraction of sp³-hybridized carbons (Fsp3) is 0.250. The molecule has 30 heavy (non-hydrogen) atoms. The molecule has 10 heteroatoms. The summed E-state index contributed by atoms with van der Waals surface area (Å²) < 4.78 is 21.7. The van der Waals surface area contributed by atoms with Gasteiger partial charge in [0, 0.05) is 35.5 Å². The van der Waals surface area contributed by atoms with Crippen LogP contribution in [0.2, 0.25) is 10.0 Å². The van der Waals surface area contributed by atoms with Crippen molar-refractivity contribution in [3.05, 3.63) is 80.1 Å². The molecule has 0 aliphatic heterocycles. The van der Waals surface area contributed by atoms with Crippen molar-refractivity contribution >= 4 is 34.4 Å². The van der Waals surface area contributed by atoms with Crippen molar-refractivity contribution in [2.24, 2.45) is 0 Å². The van der Waals surface area contributed by atoms with E-state index in [1.807, 2.05) is 6.07 Å². The number of aromatic amines is 1. The molecule has 0 spiro atoms. The van der Waals surface area contributed by atoms with Gasteiger partial charge in [0.25, 0.3) is 0 Å². The highest BCUT2D eigenvalue weighted by Crippen LogP contribution is 2.23. The van der Waals surface area contributed by atoms with Gasteiger partial charge in [-0.25, -0.2) is 9.78 Å². The van der Waals surface area contributed by atoms with Gasteiger partial charge in [-0.3, -0.25) is 9.13 Å². The number of fused-ring (bicyclic) bond motifs is 1. The predicted molar refractivity (Wildman–Crippen MR) is 113 cm³/mol. The van der Waals surface area contributed by atoms with E-state index in [9.17, 15) is 9.18 Å². The standard InChI is InChI=1S/C20H18Cl2FN5O2/c1-30-7-6-28-14(8-12-2-3-13(21)9-15(12)22)10-27(20(28)29)11-18-24-16-4-5-17(23)25-19(16)26-18/h2-5,9-10H,6-8,11H2,1H3,(H,24,25,26). The Labute approximate surface area is 181 Å². The summed E-state index contributed by atoms with van der Waals surface area (Å²) in [6.45, 7) is 0.979. The number of hydrogen-bond donors (Lipinski definition) is 1. The largest absolute Gasteiger partial charge is 0.383 e. The Kier molecular flexibility index (Phi) is 5.90. The summed E-state index contributed by atoms with van der Waals surface area (Å²) in [7, 11) is 1.58. The minimum atomic E-state index is -0.606. The van der Waals surface area contributed by atoms with Crippen LogP contribution in [0.5, 0.6) is 0 Å². The molecule has 0 amide bonds. The van der Waals surface area contributed by atoms with Gasteiger partial charge in [0.2, 0.25) is 5.95 Å². The predicted octanol–water partition coefficient (Wildman–Crippen LogP) is 3.65. The van der Waals surface area contributed by atoms with E-state index in [1.165, 1.54) is 6.07 Å². The number of imidazole rings is 2. The second kappa shape index (κ2) is 8.59. The van der Waals surface area contributed by atoms with Crippen molar-refractivity contribution < 1.29 is 9.13 Å². The van der Waals surface area contributed by atoms with Crippen molar-refractivity contribution in [2.45, 2.75) is 19.5 Å². The molecule has 0 radical (unpaired) electrons. The van der Waals surface area contributed by atoms with Crippen LogP contribution in [-0.2, 0) is 24.2 Å². The summed E-state index contributed by atoms with van der Waals surface area (Å²) in [5.74, 6) is -0.101. The second-order valence-corrected chi connectivity index (χ2v) is 7.62. The Balaban J connectivity index is 1.68. The van der Waals surface area contributed by atoms with E-state index in [-0.39, 0.29) is 17.9 Å². The van der Waals surface area contributed by atoms with E-state index in [4.69, 9.17) is 27.9 Å². The topological polar surface area (TPSA) is 77.7 Å². The molecule has 0 saturated carbocycles. The van der Waals surface area contributed by atoms with Crippen molar-refractivity contribution in [1.82, 2.24) is 24.1 Å². The summed E-state index contributed by atoms with van der Waals surface area (Å²) >= 11 is 12.3. The second-order valence-electron chi connectivity index (χ2n) is 6.78. The average molecular weight is 450 g/mol. The molecule has 0 fully saturated rings. The normalized spacial score (nSPS) is 11.5. The quantitative estimate of drug-likeness (QED) is 0.436. The highest BCUT2D eigenvalue weighted by molar-refractivity contribution is 6.35. The van der Waals surface area contributed by atoms with Gasteiger partial charge >= 0.3 is 5.69 Å². The van der Waals surface area contributed by atoms with Crippen LogP contribution in [0.1, 0.15) is 17.1 Å². The lowest BCUT2D eigenvalue weighted by Crippen LogP contribution is -2.27. The van der Waals surface area contributed by atoms with Crippen molar-refractivity contribution in [1.29, 1.82) is 0 Å². The molecule has 1 N–H and O–H groups in total. The maximum absolute atomic E-state index is 13.3. The zero-order valence-electron chi connectivity index (χ0n) is 16.0. The Morgan fingerprint density at radius 3 is 2.80 bits per heavy atom. The first-order valence-electron chi connectivity index (χ1n) is 9.17. The SMILES string of the molecule is COCCn1c(Cc2ccc(Cl)cc2Cl)cn(Cc2nc3nc(F)ccc3[nH]2)c1=O. The first-order chi connectivity index (χ1) is 14.4.